The van der Waals surface area contributed by atoms with Crippen molar-refractivity contribution >= 4 is 35.5 Å². The number of nitrogens with one attached hydrogen (secondary N) is 1. The molecular weight excluding hydrogens is 727 g/mol. The highest BCUT2D eigenvalue weighted by Gasteiger charge is 2.37. The summed E-state index contributed by atoms with van der Waals surface area (Å²) in [5.74, 6) is -2.89. The molecule has 3 aromatic rings. The highest BCUT2D eigenvalue weighted by Crippen LogP contribution is 2.41. The van der Waals surface area contributed by atoms with Crippen LogP contribution in [-0.2, 0) is 35.2 Å². The van der Waals surface area contributed by atoms with Gasteiger partial charge in [0.15, 0.2) is 0 Å². The van der Waals surface area contributed by atoms with E-state index < -0.39 is 64.6 Å². The first-order chi connectivity index (χ1) is 25.6. The first kappa shape index (κ1) is 45.2. The predicted molar refractivity (Wildman–Crippen MR) is 213 cm³/mol. The molecule has 2 atom stereocenters. The number of amides is 2. The molecule has 1 aromatic heterocycles. The Hall–Kier alpha value is -4.23. The van der Waals surface area contributed by atoms with Gasteiger partial charge in [-0.1, -0.05) is 51.1 Å². The molecule has 0 aliphatic carbocycles. The van der Waals surface area contributed by atoms with Crippen molar-refractivity contribution < 1.29 is 37.4 Å². The summed E-state index contributed by atoms with van der Waals surface area (Å²) in [6, 6.07) is 13.2. The van der Waals surface area contributed by atoms with Crippen LogP contribution in [0.5, 0.6) is 0 Å². The molecular formula is C42H58F2N4O6S. The average Bonchev–Trinajstić information content (AvgIpc) is 3.46. The van der Waals surface area contributed by atoms with Crippen LogP contribution in [0.2, 0.25) is 0 Å². The molecule has 10 nitrogen and oxygen atoms in total. The van der Waals surface area contributed by atoms with Crippen molar-refractivity contribution in [2.75, 3.05) is 24.6 Å². The number of hydrogen-bond acceptors (Lipinski definition) is 8. The van der Waals surface area contributed by atoms with Gasteiger partial charge in [0.1, 0.15) is 28.9 Å². The highest BCUT2D eigenvalue weighted by atomic mass is 32.2. The molecule has 0 radical (unpaired) electrons. The Balaban J connectivity index is 1.84. The second kappa shape index (κ2) is 19.6. The van der Waals surface area contributed by atoms with Crippen LogP contribution in [0, 0.1) is 17.0 Å². The molecule has 3 N–H and O–H groups in total. The van der Waals surface area contributed by atoms with Gasteiger partial charge in [-0.25, -0.2) is 13.6 Å². The van der Waals surface area contributed by atoms with Gasteiger partial charge >= 0.3 is 11.9 Å². The maximum atomic E-state index is 15.1. The minimum absolute atomic E-state index is 0.0282. The fraction of sp³-hybridized carbons (Fsp3) is 0.524. The Morgan fingerprint density at radius 2 is 1.56 bits per heavy atom. The Morgan fingerprint density at radius 3 is 2.16 bits per heavy atom. The van der Waals surface area contributed by atoms with Gasteiger partial charge in [0.05, 0.1) is 18.2 Å². The second-order valence-electron chi connectivity index (χ2n) is 16.6. The largest absolute Gasteiger partial charge is 0.460 e. The molecule has 55 heavy (non-hydrogen) atoms. The molecule has 0 unspecified atom stereocenters. The van der Waals surface area contributed by atoms with Crippen molar-refractivity contribution in [2.24, 2.45) is 11.1 Å². The van der Waals surface area contributed by atoms with E-state index in [1.807, 2.05) is 61.7 Å². The van der Waals surface area contributed by atoms with Crippen molar-refractivity contribution in [1.29, 1.82) is 0 Å². The number of carbonyl (C=O) groups excluding carboxylic acids is 4. The zero-order valence-electron chi connectivity index (χ0n) is 33.7. The lowest BCUT2D eigenvalue weighted by Gasteiger charge is -2.41. The summed E-state index contributed by atoms with van der Waals surface area (Å²) in [6.07, 6.45) is 1.90. The van der Waals surface area contributed by atoms with Gasteiger partial charge in [0, 0.05) is 48.3 Å². The quantitative estimate of drug-likeness (QED) is 0.107. The summed E-state index contributed by atoms with van der Waals surface area (Å²) in [5.41, 5.74) is 6.17. The van der Waals surface area contributed by atoms with E-state index >= 15 is 4.39 Å². The van der Waals surface area contributed by atoms with E-state index in [9.17, 15) is 23.6 Å². The number of nitrogens with two attached hydrogens (primary N) is 1. The maximum Gasteiger partial charge on any atom is 0.329 e. The number of esters is 2. The third kappa shape index (κ3) is 14.7. The Labute approximate surface area is 328 Å². The number of benzene rings is 2. The predicted octanol–water partition coefficient (Wildman–Crippen LogP) is 7.43. The van der Waals surface area contributed by atoms with Crippen molar-refractivity contribution in [1.82, 2.24) is 14.8 Å². The van der Waals surface area contributed by atoms with E-state index in [1.165, 1.54) is 17.8 Å². The Bertz CT molecular complexity index is 1760. The minimum atomic E-state index is -1.25. The van der Waals surface area contributed by atoms with Crippen LogP contribution in [0.1, 0.15) is 98.9 Å². The van der Waals surface area contributed by atoms with Crippen LogP contribution < -0.4 is 11.1 Å². The molecule has 13 heteroatoms. The van der Waals surface area contributed by atoms with Gasteiger partial charge in [0.25, 0.3) is 0 Å². The van der Waals surface area contributed by atoms with E-state index in [0.717, 1.165) is 23.4 Å². The summed E-state index contributed by atoms with van der Waals surface area (Å²) in [7, 11) is 0. The molecule has 0 aliphatic heterocycles. The normalized spacial score (nSPS) is 13.2. The number of halogens is 2. The first-order valence-corrected chi connectivity index (χ1v) is 19.7. The highest BCUT2D eigenvalue weighted by molar-refractivity contribution is 7.99. The number of nitrogens with zero attached hydrogens (tertiary/aromatic N) is 2. The van der Waals surface area contributed by atoms with Crippen molar-refractivity contribution in [3.05, 3.63) is 83.7 Å². The van der Waals surface area contributed by atoms with Crippen LogP contribution in [0.15, 0.2) is 60.8 Å². The van der Waals surface area contributed by atoms with E-state index in [1.54, 1.807) is 52.6 Å². The molecule has 2 amide bonds. The SMILES string of the molecule is CC(C)(C)OC(=O)C[C@@H](NC(=O)CCSCC(=O)N(CCCN)[C@@H](c1cc(-c2cc(F)ccc2F)cn1Cc1ccccc1)C(C)(C)C)C(=O)OC(C)(C)C. The monoisotopic (exact) mass is 784 g/mol. The van der Waals surface area contributed by atoms with Crippen LogP contribution in [0.25, 0.3) is 11.1 Å². The van der Waals surface area contributed by atoms with Crippen LogP contribution in [0.4, 0.5) is 8.78 Å². The smallest absolute Gasteiger partial charge is 0.329 e. The molecule has 3 rings (SSSR count). The van der Waals surface area contributed by atoms with E-state index in [4.69, 9.17) is 15.2 Å². The van der Waals surface area contributed by atoms with Crippen LogP contribution >= 0.6 is 11.8 Å². The van der Waals surface area contributed by atoms with E-state index in [-0.39, 0.29) is 29.4 Å². The number of rotatable bonds is 17. The Kier molecular flexibility index (Phi) is 16.1. The molecule has 302 valence electrons. The number of thioether (sulfide) groups is 1. The fourth-order valence-electron chi connectivity index (χ4n) is 6.06. The third-order valence-corrected chi connectivity index (χ3v) is 9.16. The van der Waals surface area contributed by atoms with E-state index in [2.05, 4.69) is 5.32 Å². The van der Waals surface area contributed by atoms with Gasteiger partial charge in [-0.2, -0.15) is 11.8 Å². The maximum absolute atomic E-state index is 15.1. The zero-order valence-corrected chi connectivity index (χ0v) is 34.5. The Morgan fingerprint density at radius 1 is 0.909 bits per heavy atom. The molecule has 0 bridgehead atoms. The molecule has 2 aromatic carbocycles. The van der Waals surface area contributed by atoms with Crippen LogP contribution in [-0.4, -0.2) is 75.1 Å². The molecule has 1 heterocycles. The lowest BCUT2D eigenvalue weighted by atomic mass is 9.83. The summed E-state index contributed by atoms with van der Waals surface area (Å²) in [4.78, 5) is 54.5. The minimum Gasteiger partial charge on any atom is -0.460 e. The molecule has 0 saturated carbocycles. The van der Waals surface area contributed by atoms with Gasteiger partial charge in [-0.3, -0.25) is 14.4 Å². The molecule has 0 fully saturated rings. The van der Waals surface area contributed by atoms with Gasteiger partial charge in [0.2, 0.25) is 11.8 Å². The lowest BCUT2D eigenvalue weighted by Crippen LogP contribution is -2.46. The molecule has 0 saturated heterocycles. The topological polar surface area (TPSA) is 133 Å². The van der Waals surface area contributed by atoms with Gasteiger partial charge in [-0.15, -0.1) is 0 Å². The zero-order chi connectivity index (χ0) is 41.1. The average molecular weight is 785 g/mol. The fourth-order valence-corrected chi connectivity index (χ4v) is 6.88. The number of aromatic nitrogens is 1. The number of hydrogen-bond donors (Lipinski definition) is 2. The molecule has 0 aliphatic rings. The van der Waals surface area contributed by atoms with Crippen molar-refractivity contribution in [2.45, 2.75) is 111 Å². The number of ether oxygens (including phenoxy) is 2. The third-order valence-electron chi connectivity index (χ3n) is 8.22. The summed E-state index contributed by atoms with van der Waals surface area (Å²) >= 11 is 1.27. The summed E-state index contributed by atoms with van der Waals surface area (Å²) < 4.78 is 42.3. The summed E-state index contributed by atoms with van der Waals surface area (Å²) in [6.45, 7) is 17.4. The lowest BCUT2D eigenvalue weighted by molar-refractivity contribution is -0.165. The molecule has 0 spiro atoms. The van der Waals surface area contributed by atoms with E-state index in [0.29, 0.717) is 31.6 Å². The van der Waals surface area contributed by atoms with Gasteiger partial charge in [-0.05, 0) is 89.8 Å². The van der Waals surface area contributed by atoms with Crippen molar-refractivity contribution in [3.63, 3.8) is 0 Å². The number of carbonyl (C=O) groups is 4. The first-order valence-electron chi connectivity index (χ1n) is 18.6. The summed E-state index contributed by atoms with van der Waals surface area (Å²) in [5, 5.41) is 2.61. The van der Waals surface area contributed by atoms with Gasteiger partial charge < -0.3 is 30.0 Å². The van der Waals surface area contributed by atoms with Crippen LogP contribution in [0.3, 0.4) is 0 Å². The standard InChI is InChI=1S/C42H58F2N4O6S/c1-40(2,3)38(34-22-29(31-23-30(43)16-17-32(31)44)26-47(34)25-28-14-11-10-12-15-28)48(20-13-19-45)36(50)27-55-21-18-35(49)46-33(39(52)54-42(7,8)9)24-37(51)53-41(4,5)6/h10-12,14-17,22-23,26,33,38H,13,18-21,24-25,27,45H2,1-9H3,(H,46,49)/t33-,38+/m1/s1. The van der Waals surface area contributed by atoms with Crippen molar-refractivity contribution in [3.8, 4) is 11.1 Å². The second-order valence-corrected chi connectivity index (χ2v) is 17.7.